The van der Waals surface area contributed by atoms with Gasteiger partial charge in [0.15, 0.2) is 5.96 Å². The van der Waals surface area contributed by atoms with Crippen molar-refractivity contribution in [2.45, 2.75) is 71.1 Å². The summed E-state index contributed by atoms with van der Waals surface area (Å²) in [5.74, 6) is 1.74. The molecule has 158 valence electrons. The molecule has 1 saturated heterocycles. The Morgan fingerprint density at radius 1 is 1.07 bits per heavy atom. The van der Waals surface area contributed by atoms with Crippen molar-refractivity contribution in [3.8, 4) is 0 Å². The molecule has 0 aromatic heterocycles. The van der Waals surface area contributed by atoms with E-state index in [2.05, 4.69) is 53.6 Å². The van der Waals surface area contributed by atoms with Crippen LogP contribution in [0.3, 0.4) is 0 Å². The first-order valence-electron chi connectivity index (χ1n) is 10.7. The normalized spacial score (nSPS) is 23.8. The summed E-state index contributed by atoms with van der Waals surface area (Å²) < 4.78 is 0. The van der Waals surface area contributed by atoms with E-state index in [-0.39, 0.29) is 30.1 Å². The highest BCUT2D eigenvalue weighted by molar-refractivity contribution is 14.0. The predicted octanol–water partition coefficient (Wildman–Crippen LogP) is 3.90. The van der Waals surface area contributed by atoms with Crippen molar-refractivity contribution in [3.63, 3.8) is 0 Å². The Morgan fingerprint density at radius 3 is 2.32 bits per heavy atom. The van der Waals surface area contributed by atoms with Crippen molar-refractivity contribution in [3.05, 3.63) is 29.8 Å². The summed E-state index contributed by atoms with van der Waals surface area (Å²) in [6.07, 6.45) is 6.25. The van der Waals surface area contributed by atoms with E-state index < -0.39 is 0 Å². The zero-order valence-corrected chi connectivity index (χ0v) is 19.7. The van der Waals surface area contributed by atoms with E-state index in [0.717, 1.165) is 44.1 Å². The number of rotatable bonds is 5. The van der Waals surface area contributed by atoms with Gasteiger partial charge >= 0.3 is 0 Å². The van der Waals surface area contributed by atoms with Crippen LogP contribution in [-0.2, 0) is 6.54 Å². The third-order valence-corrected chi connectivity index (χ3v) is 5.89. The van der Waals surface area contributed by atoms with E-state index in [1.165, 1.54) is 37.2 Å². The number of nitrogens with one attached hydrogen (secondary N) is 2. The minimum Gasteiger partial charge on any atom is -0.393 e. The van der Waals surface area contributed by atoms with Crippen molar-refractivity contribution in [1.29, 1.82) is 0 Å². The number of aliphatic hydroxyl groups is 1. The van der Waals surface area contributed by atoms with E-state index in [4.69, 9.17) is 4.99 Å². The lowest BCUT2D eigenvalue weighted by Gasteiger charge is -2.32. The maximum Gasteiger partial charge on any atom is 0.191 e. The van der Waals surface area contributed by atoms with Crippen molar-refractivity contribution < 1.29 is 5.11 Å². The van der Waals surface area contributed by atoms with Crippen LogP contribution in [0.25, 0.3) is 0 Å². The maximum atomic E-state index is 9.67. The SMILES string of the molecule is CCNC(=NCc1ccc(N2CCC(C)CC2)cc1)NC1CCC(O)CC1.I. The number of guanidine groups is 1. The number of benzene rings is 1. The molecule has 3 N–H and O–H groups in total. The molecule has 2 aliphatic rings. The Bertz CT molecular complexity index is 591. The lowest BCUT2D eigenvalue weighted by atomic mass is 9.93. The van der Waals surface area contributed by atoms with Gasteiger partial charge in [-0.2, -0.15) is 0 Å². The van der Waals surface area contributed by atoms with Gasteiger partial charge in [-0.3, -0.25) is 0 Å². The van der Waals surface area contributed by atoms with Crippen LogP contribution in [0.15, 0.2) is 29.3 Å². The van der Waals surface area contributed by atoms with Crippen LogP contribution in [0, 0.1) is 5.92 Å². The molecular weight excluding hydrogens is 463 g/mol. The van der Waals surface area contributed by atoms with Gasteiger partial charge in [-0.05, 0) is 69.1 Å². The fraction of sp³-hybridized carbons (Fsp3) is 0.682. The highest BCUT2D eigenvalue weighted by atomic mass is 127. The third kappa shape index (κ3) is 7.10. The third-order valence-electron chi connectivity index (χ3n) is 5.89. The summed E-state index contributed by atoms with van der Waals surface area (Å²) in [4.78, 5) is 7.26. The van der Waals surface area contributed by atoms with Crippen LogP contribution >= 0.6 is 24.0 Å². The Hall–Kier alpha value is -1.02. The van der Waals surface area contributed by atoms with Crippen LogP contribution in [0.4, 0.5) is 5.69 Å². The molecule has 0 unspecified atom stereocenters. The molecule has 1 heterocycles. The van der Waals surface area contributed by atoms with Crippen molar-refractivity contribution >= 4 is 35.6 Å². The van der Waals surface area contributed by atoms with E-state index in [0.29, 0.717) is 12.6 Å². The Kier molecular flexibility index (Phi) is 9.85. The van der Waals surface area contributed by atoms with Gasteiger partial charge < -0.3 is 20.6 Å². The Morgan fingerprint density at radius 2 is 1.71 bits per heavy atom. The van der Waals surface area contributed by atoms with Gasteiger partial charge in [0.25, 0.3) is 0 Å². The van der Waals surface area contributed by atoms with Crippen molar-refractivity contribution in [1.82, 2.24) is 10.6 Å². The average molecular weight is 500 g/mol. The van der Waals surface area contributed by atoms with Gasteiger partial charge in [0.05, 0.1) is 12.6 Å². The van der Waals surface area contributed by atoms with E-state index in [1.54, 1.807) is 0 Å². The zero-order chi connectivity index (χ0) is 19.1. The van der Waals surface area contributed by atoms with E-state index in [9.17, 15) is 5.11 Å². The average Bonchev–Trinajstić information content (AvgIpc) is 2.69. The standard InChI is InChI=1S/C22H36N4O.HI/c1-3-23-22(25-19-6-10-21(27)11-7-19)24-16-18-4-8-20(9-5-18)26-14-12-17(2)13-15-26;/h4-5,8-9,17,19,21,27H,3,6-7,10-16H2,1-2H3,(H2,23,24,25);1H. The summed E-state index contributed by atoms with van der Waals surface area (Å²) >= 11 is 0. The van der Waals surface area contributed by atoms with Crippen LogP contribution in [0.5, 0.6) is 0 Å². The smallest absolute Gasteiger partial charge is 0.191 e. The molecule has 1 aromatic rings. The number of aliphatic imine (C=N–C) groups is 1. The Labute approximate surface area is 187 Å². The number of piperidine rings is 1. The molecule has 0 bridgehead atoms. The number of nitrogens with zero attached hydrogens (tertiary/aromatic N) is 2. The van der Waals surface area contributed by atoms with Gasteiger partial charge in [0.2, 0.25) is 0 Å². The minimum absolute atomic E-state index is 0. The first-order chi connectivity index (χ1) is 13.1. The molecule has 1 saturated carbocycles. The number of aliphatic hydroxyl groups excluding tert-OH is 1. The molecular formula is C22H37IN4O. The maximum absolute atomic E-state index is 9.67. The lowest BCUT2D eigenvalue weighted by molar-refractivity contribution is 0.120. The van der Waals surface area contributed by atoms with Gasteiger partial charge in [0.1, 0.15) is 0 Å². The van der Waals surface area contributed by atoms with Crippen LogP contribution in [0.2, 0.25) is 0 Å². The van der Waals surface area contributed by atoms with E-state index in [1.807, 2.05) is 0 Å². The molecule has 1 aliphatic carbocycles. The molecule has 3 rings (SSSR count). The highest BCUT2D eigenvalue weighted by Gasteiger charge is 2.20. The van der Waals surface area contributed by atoms with Crippen molar-refractivity contribution in [2.75, 3.05) is 24.5 Å². The van der Waals surface area contributed by atoms with Gasteiger partial charge in [-0.1, -0.05) is 19.1 Å². The lowest BCUT2D eigenvalue weighted by Crippen LogP contribution is -2.45. The fourth-order valence-electron chi connectivity index (χ4n) is 3.98. The minimum atomic E-state index is -0.121. The van der Waals surface area contributed by atoms with Crippen molar-refractivity contribution in [2.24, 2.45) is 10.9 Å². The number of hydrogen-bond donors (Lipinski definition) is 3. The van der Waals surface area contributed by atoms with Crippen LogP contribution < -0.4 is 15.5 Å². The molecule has 2 fully saturated rings. The zero-order valence-electron chi connectivity index (χ0n) is 17.4. The Balaban J connectivity index is 0.00000280. The largest absolute Gasteiger partial charge is 0.393 e. The number of hydrogen-bond acceptors (Lipinski definition) is 3. The molecule has 28 heavy (non-hydrogen) atoms. The summed E-state index contributed by atoms with van der Waals surface area (Å²) in [6, 6.07) is 9.30. The molecule has 1 aliphatic heterocycles. The molecule has 1 aromatic carbocycles. The first-order valence-corrected chi connectivity index (χ1v) is 10.7. The second-order valence-corrected chi connectivity index (χ2v) is 8.18. The molecule has 0 amide bonds. The van der Waals surface area contributed by atoms with Crippen LogP contribution in [0.1, 0.15) is 57.9 Å². The molecule has 0 spiro atoms. The summed E-state index contributed by atoms with van der Waals surface area (Å²) in [5, 5.41) is 16.6. The van der Waals surface area contributed by atoms with Gasteiger partial charge in [-0.15, -0.1) is 24.0 Å². The van der Waals surface area contributed by atoms with E-state index >= 15 is 0 Å². The molecule has 0 radical (unpaired) electrons. The summed E-state index contributed by atoms with van der Waals surface area (Å²) in [6.45, 7) is 8.32. The summed E-state index contributed by atoms with van der Waals surface area (Å²) in [7, 11) is 0. The molecule has 6 heteroatoms. The topological polar surface area (TPSA) is 59.9 Å². The van der Waals surface area contributed by atoms with Gasteiger partial charge in [-0.25, -0.2) is 4.99 Å². The monoisotopic (exact) mass is 500 g/mol. The van der Waals surface area contributed by atoms with Crippen LogP contribution in [-0.4, -0.2) is 42.8 Å². The second-order valence-electron chi connectivity index (χ2n) is 8.18. The predicted molar refractivity (Wildman–Crippen MR) is 129 cm³/mol. The first kappa shape index (κ1) is 23.3. The molecule has 0 atom stereocenters. The molecule has 5 nitrogen and oxygen atoms in total. The second kappa shape index (κ2) is 11.9. The van der Waals surface area contributed by atoms with Gasteiger partial charge in [0, 0.05) is 31.4 Å². The number of anilines is 1. The number of halogens is 1. The fourth-order valence-corrected chi connectivity index (χ4v) is 3.98. The summed E-state index contributed by atoms with van der Waals surface area (Å²) in [5.41, 5.74) is 2.57. The quantitative estimate of drug-likeness (QED) is 0.326. The highest BCUT2D eigenvalue weighted by Crippen LogP contribution is 2.23.